The van der Waals surface area contributed by atoms with Crippen LogP contribution in [0.15, 0.2) is 53.9 Å². The molecule has 0 unspecified atom stereocenters. The molecule has 33 heavy (non-hydrogen) atoms. The Hall–Kier alpha value is -3.52. The fourth-order valence-corrected chi connectivity index (χ4v) is 4.88. The van der Waals surface area contributed by atoms with Gasteiger partial charge in [0.2, 0.25) is 0 Å². The Morgan fingerprint density at radius 2 is 1.85 bits per heavy atom. The highest BCUT2D eigenvalue weighted by molar-refractivity contribution is 7.13. The maximum atomic E-state index is 13.2. The van der Waals surface area contributed by atoms with Gasteiger partial charge in [-0.15, -0.1) is 11.3 Å². The lowest BCUT2D eigenvalue weighted by atomic mass is 10.1. The van der Waals surface area contributed by atoms with E-state index in [1.165, 1.54) is 0 Å². The van der Waals surface area contributed by atoms with Crippen LogP contribution >= 0.6 is 11.3 Å². The fraction of sp³-hybridized carbons (Fsp3) is 0.280. The number of carbonyl (C=O) groups excluding carboxylic acids is 2. The molecule has 0 spiro atoms. The number of rotatable bonds is 5. The van der Waals surface area contributed by atoms with E-state index in [1.54, 1.807) is 27.0 Å². The second-order valence-corrected chi connectivity index (χ2v) is 9.03. The van der Waals surface area contributed by atoms with Crippen LogP contribution in [0.5, 0.6) is 0 Å². The number of carbonyl (C=O) groups is 2. The summed E-state index contributed by atoms with van der Waals surface area (Å²) >= 11 is 1.55. The van der Waals surface area contributed by atoms with Crippen LogP contribution in [0.3, 0.4) is 0 Å². The van der Waals surface area contributed by atoms with Crippen molar-refractivity contribution in [1.82, 2.24) is 19.7 Å². The molecule has 0 atom stereocenters. The maximum Gasteiger partial charge on any atom is 0.339 e. The summed E-state index contributed by atoms with van der Waals surface area (Å²) < 4.78 is 7.25. The average Bonchev–Trinajstić information content (AvgIpc) is 3.51. The van der Waals surface area contributed by atoms with Crippen LogP contribution in [0.2, 0.25) is 0 Å². The van der Waals surface area contributed by atoms with Gasteiger partial charge in [0.05, 0.1) is 32.9 Å². The van der Waals surface area contributed by atoms with Gasteiger partial charge in [0.25, 0.3) is 5.91 Å². The number of fused-ring (bicyclic) bond motifs is 1. The molecular weight excluding hydrogens is 436 g/mol. The summed E-state index contributed by atoms with van der Waals surface area (Å²) in [4.78, 5) is 33.3. The molecule has 5 rings (SSSR count). The van der Waals surface area contributed by atoms with E-state index < -0.39 is 5.97 Å². The number of thiophene rings is 1. The molecule has 168 valence electrons. The smallest absolute Gasteiger partial charge is 0.339 e. The molecule has 4 heterocycles. The summed E-state index contributed by atoms with van der Waals surface area (Å²) in [6.07, 6.45) is 3.12. The van der Waals surface area contributed by atoms with Gasteiger partial charge < -0.3 is 9.64 Å². The van der Waals surface area contributed by atoms with E-state index in [9.17, 15) is 9.59 Å². The van der Waals surface area contributed by atoms with Gasteiger partial charge in [-0.05, 0) is 55.8 Å². The predicted molar refractivity (Wildman–Crippen MR) is 128 cm³/mol. The highest BCUT2D eigenvalue weighted by atomic mass is 32.1. The number of aryl methyl sites for hydroxylation is 1. The van der Waals surface area contributed by atoms with Gasteiger partial charge in [0, 0.05) is 13.1 Å². The molecule has 1 aliphatic rings. The van der Waals surface area contributed by atoms with Crippen molar-refractivity contribution < 1.29 is 14.3 Å². The summed E-state index contributed by atoms with van der Waals surface area (Å²) in [5, 5.41) is 7.27. The lowest BCUT2D eigenvalue weighted by Gasteiger charge is -2.26. The molecule has 1 aromatic carbocycles. The summed E-state index contributed by atoms with van der Waals surface area (Å²) in [6, 6.07) is 15.3. The lowest BCUT2D eigenvalue weighted by Crippen LogP contribution is -2.38. The van der Waals surface area contributed by atoms with E-state index in [0.29, 0.717) is 28.0 Å². The Balaban J connectivity index is 1.53. The number of aromatic nitrogens is 3. The number of likely N-dealkylation sites (tertiary alicyclic amines) is 1. The van der Waals surface area contributed by atoms with Crippen molar-refractivity contribution in [1.29, 1.82) is 0 Å². The standard InChI is InChI=1S/C25H24N4O3S/c1-17-23-19(25(31)32-16-22(30)28-12-6-3-7-13-28)15-20(21-11-8-14-33-21)26-24(23)29(27-17)18-9-4-2-5-10-18/h2,4-5,8-11,14-15H,3,6-7,12-13,16H2,1H3. The van der Waals surface area contributed by atoms with Gasteiger partial charge in [-0.1, -0.05) is 24.3 Å². The molecule has 1 fully saturated rings. The van der Waals surface area contributed by atoms with Crippen LogP contribution in [-0.2, 0) is 9.53 Å². The Morgan fingerprint density at radius 3 is 2.58 bits per heavy atom. The lowest BCUT2D eigenvalue weighted by molar-refractivity contribution is -0.135. The van der Waals surface area contributed by atoms with Crippen LogP contribution in [0.4, 0.5) is 0 Å². The Labute approximate surface area is 195 Å². The minimum atomic E-state index is -0.540. The van der Waals surface area contributed by atoms with Crippen molar-refractivity contribution in [3.05, 3.63) is 65.2 Å². The number of esters is 1. The summed E-state index contributed by atoms with van der Waals surface area (Å²) in [7, 11) is 0. The molecule has 1 aliphatic heterocycles. The quantitative estimate of drug-likeness (QED) is 0.406. The zero-order valence-corrected chi connectivity index (χ0v) is 19.2. The molecule has 0 aliphatic carbocycles. The number of hydrogen-bond donors (Lipinski definition) is 0. The van der Waals surface area contributed by atoms with Gasteiger partial charge in [0.1, 0.15) is 0 Å². The molecule has 7 nitrogen and oxygen atoms in total. The van der Waals surface area contributed by atoms with Gasteiger partial charge in [-0.25, -0.2) is 14.5 Å². The van der Waals surface area contributed by atoms with E-state index in [2.05, 4.69) is 5.10 Å². The maximum absolute atomic E-state index is 13.2. The van der Waals surface area contributed by atoms with E-state index in [4.69, 9.17) is 9.72 Å². The van der Waals surface area contributed by atoms with Crippen molar-refractivity contribution in [3.63, 3.8) is 0 Å². The molecule has 0 radical (unpaired) electrons. The fourth-order valence-electron chi connectivity index (χ4n) is 4.19. The van der Waals surface area contributed by atoms with Crippen LogP contribution < -0.4 is 0 Å². The third-order valence-electron chi connectivity index (χ3n) is 5.84. The minimum Gasteiger partial charge on any atom is -0.452 e. The van der Waals surface area contributed by atoms with Gasteiger partial charge in [-0.2, -0.15) is 5.10 Å². The van der Waals surface area contributed by atoms with Gasteiger partial charge in [0.15, 0.2) is 12.3 Å². The largest absolute Gasteiger partial charge is 0.452 e. The number of pyridine rings is 1. The molecule has 3 aromatic heterocycles. The topological polar surface area (TPSA) is 77.3 Å². The predicted octanol–water partition coefficient (Wildman–Crippen LogP) is 4.63. The Kier molecular flexibility index (Phi) is 5.92. The molecule has 1 amide bonds. The summed E-state index contributed by atoms with van der Waals surface area (Å²) in [5.41, 5.74) is 3.15. The molecular formula is C25H24N4O3S. The first-order valence-corrected chi connectivity index (χ1v) is 11.9. The van der Waals surface area contributed by atoms with E-state index >= 15 is 0 Å². The zero-order chi connectivity index (χ0) is 22.8. The Bertz CT molecular complexity index is 1290. The van der Waals surface area contributed by atoms with Crippen molar-refractivity contribution in [3.8, 4) is 16.3 Å². The SMILES string of the molecule is Cc1nn(-c2ccccc2)c2nc(-c3cccs3)cc(C(=O)OCC(=O)N3CCCCC3)c12. The van der Waals surface area contributed by atoms with Crippen LogP contribution in [0, 0.1) is 6.92 Å². The number of nitrogens with zero attached hydrogens (tertiary/aromatic N) is 4. The molecule has 8 heteroatoms. The van der Waals surface area contributed by atoms with E-state index in [0.717, 1.165) is 42.9 Å². The number of hydrogen-bond acceptors (Lipinski definition) is 6. The molecule has 0 saturated carbocycles. The van der Waals surface area contributed by atoms with Crippen LogP contribution in [0.1, 0.15) is 35.3 Å². The first kappa shape index (κ1) is 21.3. The molecule has 0 N–H and O–H groups in total. The normalized spacial score (nSPS) is 13.9. The second kappa shape index (κ2) is 9.15. The molecule has 0 bridgehead atoms. The number of para-hydroxylation sites is 1. The second-order valence-electron chi connectivity index (χ2n) is 8.08. The van der Waals surface area contributed by atoms with E-state index in [-0.39, 0.29) is 12.5 Å². The first-order valence-electron chi connectivity index (χ1n) is 11.1. The first-order chi connectivity index (χ1) is 16.1. The number of amides is 1. The number of benzene rings is 1. The average molecular weight is 461 g/mol. The monoisotopic (exact) mass is 460 g/mol. The highest BCUT2D eigenvalue weighted by Gasteiger charge is 2.24. The zero-order valence-electron chi connectivity index (χ0n) is 18.4. The van der Waals surface area contributed by atoms with Crippen molar-refractivity contribution in [2.75, 3.05) is 19.7 Å². The number of piperidine rings is 1. The van der Waals surface area contributed by atoms with Crippen LogP contribution in [0.25, 0.3) is 27.3 Å². The van der Waals surface area contributed by atoms with Crippen molar-refractivity contribution >= 4 is 34.2 Å². The molecule has 1 saturated heterocycles. The number of ether oxygens (including phenoxy) is 1. The van der Waals surface area contributed by atoms with Crippen molar-refractivity contribution in [2.45, 2.75) is 26.2 Å². The summed E-state index contributed by atoms with van der Waals surface area (Å²) in [5.74, 6) is -0.690. The third-order valence-corrected chi connectivity index (χ3v) is 6.73. The minimum absolute atomic E-state index is 0.150. The third kappa shape index (κ3) is 4.26. The van der Waals surface area contributed by atoms with Gasteiger partial charge in [-0.3, -0.25) is 4.79 Å². The highest BCUT2D eigenvalue weighted by Crippen LogP contribution is 2.31. The molecule has 4 aromatic rings. The van der Waals surface area contributed by atoms with Gasteiger partial charge >= 0.3 is 5.97 Å². The van der Waals surface area contributed by atoms with Crippen molar-refractivity contribution in [2.24, 2.45) is 0 Å². The Morgan fingerprint density at radius 1 is 1.06 bits per heavy atom. The van der Waals surface area contributed by atoms with E-state index in [1.807, 2.05) is 54.8 Å². The summed E-state index contributed by atoms with van der Waals surface area (Å²) in [6.45, 7) is 3.04. The van der Waals surface area contributed by atoms with Crippen LogP contribution in [-0.4, -0.2) is 51.2 Å².